The second kappa shape index (κ2) is 5.41. The maximum atomic E-state index is 14.4. The molecule has 0 N–H and O–H groups in total. The zero-order valence-corrected chi connectivity index (χ0v) is 13.1. The highest BCUT2D eigenvalue weighted by Crippen LogP contribution is 2.33. The van der Waals surface area contributed by atoms with E-state index in [0.29, 0.717) is 5.56 Å². The van der Waals surface area contributed by atoms with Crippen molar-refractivity contribution < 1.29 is 17.9 Å². The Kier molecular flexibility index (Phi) is 3.66. The van der Waals surface area contributed by atoms with E-state index >= 15 is 0 Å². The highest BCUT2D eigenvalue weighted by molar-refractivity contribution is 6.02. The first kappa shape index (κ1) is 15.6. The molecule has 1 heterocycles. The lowest BCUT2D eigenvalue weighted by molar-refractivity contribution is 0.278. The first-order chi connectivity index (χ1) is 10.8. The van der Waals surface area contributed by atoms with Gasteiger partial charge in [-0.25, -0.2) is 18.2 Å². The van der Waals surface area contributed by atoms with E-state index in [9.17, 15) is 13.2 Å². The third-order valence-corrected chi connectivity index (χ3v) is 3.71. The van der Waals surface area contributed by atoms with Crippen LogP contribution in [0, 0.1) is 24.4 Å². The Morgan fingerprint density at radius 2 is 1.70 bits per heavy atom. The van der Waals surface area contributed by atoms with Gasteiger partial charge < -0.3 is 4.74 Å². The summed E-state index contributed by atoms with van der Waals surface area (Å²) in [6.45, 7) is 5.81. The van der Waals surface area contributed by atoms with E-state index in [-0.39, 0.29) is 23.6 Å². The third-order valence-electron chi connectivity index (χ3n) is 3.71. The van der Waals surface area contributed by atoms with Gasteiger partial charge in [0.05, 0.1) is 11.1 Å². The van der Waals surface area contributed by atoms with Gasteiger partial charge in [0.1, 0.15) is 6.61 Å². The van der Waals surface area contributed by atoms with Gasteiger partial charge >= 0.3 is 0 Å². The summed E-state index contributed by atoms with van der Waals surface area (Å²) in [5, 5.41) is 0. The van der Waals surface area contributed by atoms with Gasteiger partial charge in [0.25, 0.3) is 0 Å². The van der Waals surface area contributed by atoms with Gasteiger partial charge in [-0.15, -0.1) is 0 Å². The van der Waals surface area contributed by atoms with Crippen molar-refractivity contribution in [1.29, 1.82) is 0 Å². The number of hydrogen-bond donors (Lipinski definition) is 0. The largest absolute Gasteiger partial charge is 0.475 e. The Bertz CT molecular complexity index is 795. The van der Waals surface area contributed by atoms with Crippen molar-refractivity contribution in [3.05, 3.63) is 58.9 Å². The molecule has 23 heavy (non-hydrogen) atoms. The van der Waals surface area contributed by atoms with Crippen molar-refractivity contribution in [3.8, 4) is 11.1 Å². The quantitative estimate of drug-likeness (QED) is 0.739. The molecule has 0 saturated carbocycles. The number of rotatable bonds is 2. The summed E-state index contributed by atoms with van der Waals surface area (Å²) in [4.78, 5) is 4.29. The molecule has 1 aliphatic rings. The average molecular weight is 319 g/mol. The molecule has 0 bridgehead atoms. The monoisotopic (exact) mass is 319 g/mol. The maximum absolute atomic E-state index is 14.4. The molecule has 2 aromatic rings. The van der Waals surface area contributed by atoms with E-state index in [0.717, 1.165) is 11.6 Å². The van der Waals surface area contributed by atoms with E-state index in [1.54, 1.807) is 12.1 Å². The average Bonchev–Trinajstić information content (AvgIpc) is 2.85. The van der Waals surface area contributed by atoms with E-state index in [4.69, 9.17) is 4.74 Å². The minimum absolute atomic E-state index is 0.00183. The number of halogens is 3. The molecule has 3 rings (SSSR count). The van der Waals surface area contributed by atoms with Crippen LogP contribution in [0.1, 0.15) is 25.0 Å². The molecule has 0 fully saturated rings. The van der Waals surface area contributed by atoms with Gasteiger partial charge in [-0.05, 0) is 32.4 Å². The number of benzene rings is 2. The summed E-state index contributed by atoms with van der Waals surface area (Å²) in [6, 6.07) is 8.08. The van der Waals surface area contributed by atoms with Gasteiger partial charge in [-0.1, -0.05) is 29.8 Å². The van der Waals surface area contributed by atoms with Crippen molar-refractivity contribution >= 4 is 5.90 Å². The van der Waals surface area contributed by atoms with Crippen LogP contribution >= 0.6 is 0 Å². The van der Waals surface area contributed by atoms with Gasteiger partial charge in [-0.2, -0.15) is 0 Å². The second-order valence-electron chi connectivity index (χ2n) is 6.29. The molecule has 0 aromatic heterocycles. The fraction of sp³-hybridized carbons (Fsp3) is 0.278. The molecule has 1 aliphatic heterocycles. The molecular weight excluding hydrogens is 303 g/mol. The Hall–Kier alpha value is -2.30. The van der Waals surface area contributed by atoms with Gasteiger partial charge in [0, 0.05) is 5.56 Å². The molecule has 0 spiro atoms. The predicted octanol–water partition coefficient (Wildman–Crippen LogP) is 4.63. The van der Waals surface area contributed by atoms with E-state index in [1.807, 2.05) is 32.9 Å². The summed E-state index contributed by atoms with van der Waals surface area (Å²) in [6.07, 6.45) is 0. The number of ether oxygens (including phenoxy) is 1. The van der Waals surface area contributed by atoms with Crippen LogP contribution in [0.3, 0.4) is 0 Å². The first-order valence-electron chi connectivity index (χ1n) is 7.26. The summed E-state index contributed by atoms with van der Waals surface area (Å²) in [5.41, 5.74) is 1.13. The minimum atomic E-state index is -1.52. The lowest BCUT2D eigenvalue weighted by Crippen LogP contribution is -2.17. The van der Waals surface area contributed by atoms with Crippen molar-refractivity contribution in [1.82, 2.24) is 0 Å². The molecule has 0 radical (unpaired) electrons. The van der Waals surface area contributed by atoms with Crippen molar-refractivity contribution in [2.45, 2.75) is 26.3 Å². The highest BCUT2D eigenvalue weighted by Gasteiger charge is 2.32. The van der Waals surface area contributed by atoms with E-state index < -0.39 is 23.0 Å². The van der Waals surface area contributed by atoms with Crippen LogP contribution in [0.15, 0.2) is 35.3 Å². The molecule has 0 saturated heterocycles. The Labute approximate surface area is 132 Å². The molecule has 5 heteroatoms. The maximum Gasteiger partial charge on any atom is 0.220 e. The van der Waals surface area contributed by atoms with Crippen molar-refractivity contribution in [2.24, 2.45) is 4.99 Å². The SMILES string of the molecule is Cc1ccc(-c2cc(F)c(F)c(F)c2C2=NC(C)(C)CO2)cc1. The van der Waals surface area contributed by atoms with E-state index in [2.05, 4.69) is 4.99 Å². The fourth-order valence-electron chi connectivity index (χ4n) is 2.48. The van der Waals surface area contributed by atoms with E-state index in [1.165, 1.54) is 0 Å². The fourth-order valence-corrected chi connectivity index (χ4v) is 2.48. The minimum Gasteiger partial charge on any atom is -0.475 e. The molecule has 0 atom stereocenters. The van der Waals surface area contributed by atoms with Gasteiger partial charge in [0.15, 0.2) is 17.5 Å². The molecule has 120 valence electrons. The Balaban J connectivity index is 2.25. The topological polar surface area (TPSA) is 21.6 Å². The molecular formula is C18H16F3NO. The van der Waals surface area contributed by atoms with Crippen LogP contribution in [0.4, 0.5) is 13.2 Å². The van der Waals surface area contributed by atoms with Crippen LogP contribution in [0.2, 0.25) is 0 Å². The summed E-state index contributed by atoms with van der Waals surface area (Å²) < 4.78 is 47.3. The lowest BCUT2D eigenvalue weighted by atomic mass is 9.97. The Morgan fingerprint density at radius 3 is 2.26 bits per heavy atom. The van der Waals surface area contributed by atoms with Crippen molar-refractivity contribution in [3.63, 3.8) is 0 Å². The van der Waals surface area contributed by atoms with Crippen LogP contribution in [-0.2, 0) is 4.74 Å². The number of nitrogens with zero attached hydrogens (tertiary/aromatic N) is 1. The van der Waals surface area contributed by atoms with Crippen LogP contribution in [-0.4, -0.2) is 18.0 Å². The number of aryl methyl sites for hydroxylation is 1. The summed E-state index contributed by atoms with van der Waals surface area (Å²) in [7, 11) is 0. The molecule has 2 nitrogen and oxygen atoms in total. The summed E-state index contributed by atoms with van der Waals surface area (Å²) in [5.74, 6) is -4.04. The first-order valence-corrected chi connectivity index (χ1v) is 7.26. The number of hydrogen-bond acceptors (Lipinski definition) is 2. The molecule has 0 amide bonds. The smallest absolute Gasteiger partial charge is 0.220 e. The zero-order valence-electron chi connectivity index (χ0n) is 13.1. The van der Waals surface area contributed by atoms with Crippen molar-refractivity contribution in [2.75, 3.05) is 6.61 Å². The van der Waals surface area contributed by atoms with Gasteiger partial charge in [-0.3, -0.25) is 0 Å². The zero-order chi connectivity index (χ0) is 16.8. The predicted molar refractivity (Wildman–Crippen MR) is 83.1 cm³/mol. The second-order valence-corrected chi connectivity index (χ2v) is 6.29. The third kappa shape index (κ3) is 2.83. The normalized spacial score (nSPS) is 16.2. The number of aliphatic imine (C=N–C) groups is 1. The van der Waals surface area contributed by atoms with Gasteiger partial charge in [0.2, 0.25) is 5.90 Å². The molecule has 0 unspecified atom stereocenters. The van der Waals surface area contributed by atoms with Crippen LogP contribution in [0.25, 0.3) is 11.1 Å². The Morgan fingerprint density at radius 1 is 1.04 bits per heavy atom. The van der Waals surface area contributed by atoms with Crippen LogP contribution in [0.5, 0.6) is 0 Å². The lowest BCUT2D eigenvalue weighted by Gasteiger charge is -2.12. The highest BCUT2D eigenvalue weighted by atomic mass is 19.2. The molecule has 0 aliphatic carbocycles. The standard InChI is InChI=1S/C18H16F3NO/c1-10-4-6-11(7-5-10)12-8-13(19)15(20)16(21)14(12)17-22-18(2,3)9-23-17/h4-8H,9H2,1-3H3. The molecule has 2 aromatic carbocycles. The summed E-state index contributed by atoms with van der Waals surface area (Å²) >= 11 is 0. The van der Waals surface area contributed by atoms with Crippen LogP contribution < -0.4 is 0 Å².